The smallest absolute Gasteiger partial charge is 0.321 e. The van der Waals surface area contributed by atoms with Gasteiger partial charge in [-0.25, -0.2) is 4.79 Å². The maximum Gasteiger partial charge on any atom is 0.321 e. The minimum Gasteiger partial charge on any atom is -0.423 e. The maximum absolute atomic E-state index is 12.5. The number of urea groups is 1. The van der Waals surface area contributed by atoms with Gasteiger partial charge in [0.1, 0.15) is 0 Å². The first-order chi connectivity index (χ1) is 12.0. The zero-order valence-corrected chi connectivity index (χ0v) is 14.6. The van der Waals surface area contributed by atoms with Gasteiger partial charge < -0.3 is 19.7 Å². The molecule has 1 aliphatic rings. The Bertz CT molecular complexity index is 717. The van der Waals surface area contributed by atoms with E-state index in [1.165, 1.54) is 6.39 Å². The molecule has 0 unspecified atom stereocenters. The van der Waals surface area contributed by atoms with Crippen molar-refractivity contribution in [3.63, 3.8) is 0 Å². The molecule has 2 N–H and O–H groups in total. The van der Waals surface area contributed by atoms with E-state index >= 15 is 0 Å². The highest BCUT2D eigenvalue weighted by Gasteiger charge is 2.25. The van der Waals surface area contributed by atoms with Gasteiger partial charge in [0.25, 0.3) is 0 Å². The van der Waals surface area contributed by atoms with Gasteiger partial charge in [0.2, 0.25) is 12.3 Å². The lowest BCUT2D eigenvalue weighted by atomic mass is 9.86. The van der Waals surface area contributed by atoms with Gasteiger partial charge >= 0.3 is 6.03 Å². The molecule has 1 fully saturated rings. The summed E-state index contributed by atoms with van der Waals surface area (Å²) in [5.74, 6) is 0.560. The SMILES string of the molecule is Cc1ccc(-c2nnco2)cc1NC(=O)N(C)C[C@@H]1CCCC[C@H]1O. The van der Waals surface area contributed by atoms with E-state index in [0.29, 0.717) is 18.1 Å². The molecular weight excluding hydrogens is 320 g/mol. The third-order valence-electron chi connectivity index (χ3n) is 4.81. The monoisotopic (exact) mass is 344 g/mol. The molecule has 1 heterocycles. The van der Waals surface area contributed by atoms with E-state index < -0.39 is 0 Å². The molecule has 1 aromatic heterocycles. The van der Waals surface area contributed by atoms with Crippen molar-refractivity contribution in [1.82, 2.24) is 15.1 Å². The summed E-state index contributed by atoms with van der Waals surface area (Å²) in [6.07, 6.45) is 4.93. The molecule has 7 nitrogen and oxygen atoms in total. The van der Waals surface area contributed by atoms with E-state index in [0.717, 1.165) is 36.8 Å². The molecule has 1 aromatic carbocycles. The van der Waals surface area contributed by atoms with Crippen molar-refractivity contribution in [2.75, 3.05) is 18.9 Å². The molecule has 2 amide bonds. The van der Waals surface area contributed by atoms with Crippen molar-refractivity contribution in [3.05, 3.63) is 30.2 Å². The Morgan fingerprint density at radius 2 is 2.20 bits per heavy atom. The number of nitrogens with one attached hydrogen (secondary N) is 1. The van der Waals surface area contributed by atoms with Crippen LogP contribution in [0.4, 0.5) is 10.5 Å². The average molecular weight is 344 g/mol. The molecule has 0 saturated heterocycles. The number of carbonyl (C=O) groups is 1. The van der Waals surface area contributed by atoms with Gasteiger partial charge in [-0.3, -0.25) is 0 Å². The first kappa shape index (κ1) is 17.4. The van der Waals surface area contributed by atoms with Crippen LogP contribution in [-0.2, 0) is 0 Å². The van der Waals surface area contributed by atoms with Crippen LogP contribution >= 0.6 is 0 Å². The topological polar surface area (TPSA) is 91.5 Å². The second-order valence-corrected chi connectivity index (χ2v) is 6.70. The van der Waals surface area contributed by atoms with E-state index in [9.17, 15) is 9.90 Å². The first-order valence-electron chi connectivity index (χ1n) is 8.62. The Morgan fingerprint density at radius 1 is 1.40 bits per heavy atom. The molecule has 7 heteroatoms. The lowest BCUT2D eigenvalue weighted by Crippen LogP contribution is -2.40. The van der Waals surface area contributed by atoms with Crippen LogP contribution in [0.5, 0.6) is 0 Å². The van der Waals surface area contributed by atoms with Crippen molar-refractivity contribution in [2.45, 2.75) is 38.7 Å². The van der Waals surface area contributed by atoms with E-state index in [1.54, 1.807) is 11.9 Å². The summed E-state index contributed by atoms with van der Waals surface area (Å²) in [7, 11) is 1.76. The number of aliphatic hydroxyl groups is 1. The Hall–Kier alpha value is -2.41. The van der Waals surface area contributed by atoms with Crippen LogP contribution in [0.1, 0.15) is 31.2 Å². The summed E-state index contributed by atoms with van der Waals surface area (Å²) in [6, 6.07) is 5.41. The first-order valence-corrected chi connectivity index (χ1v) is 8.62. The van der Waals surface area contributed by atoms with Crippen molar-refractivity contribution < 1.29 is 14.3 Å². The Labute approximate surface area is 147 Å². The van der Waals surface area contributed by atoms with Gasteiger partial charge in [0.05, 0.1) is 6.10 Å². The molecule has 0 spiro atoms. The number of aryl methyl sites for hydroxylation is 1. The number of amides is 2. The van der Waals surface area contributed by atoms with Crippen molar-refractivity contribution in [1.29, 1.82) is 0 Å². The third-order valence-corrected chi connectivity index (χ3v) is 4.81. The number of nitrogens with zero attached hydrogens (tertiary/aromatic N) is 3. The summed E-state index contributed by atoms with van der Waals surface area (Å²) in [5, 5.41) is 20.6. The van der Waals surface area contributed by atoms with E-state index in [4.69, 9.17) is 4.42 Å². The number of aliphatic hydroxyl groups excluding tert-OH is 1. The van der Waals surface area contributed by atoms with E-state index in [1.807, 2.05) is 25.1 Å². The van der Waals surface area contributed by atoms with E-state index in [-0.39, 0.29) is 18.1 Å². The Balaban J connectivity index is 1.66. The van der Waals surface area contributed by atoms with Crippen LogP contribution in [0.25, 0.3) is 11.5 Å². The number of aromatic nitrogens is 2. The Morgan fingerprint density at radius 3 is 2.92 bits per heavy atom. The van der Waals surface area contributed by atoms with Gasteiger partial charge in [-0.1, -0.05) is 18.9 Å². The molecule has 0 bridgehead atoms. The zero-order chi connectivity index (χ0) is 17.8. The summed E-state index contributed by atoms with van der Waals surface area (Å²) in [6.45, 7) is 2.48. The zero-order valence-electron chi connectivity index (χ0n) is 14.6. The molecule has 0 aliphatic heterocycles. The highest BCUT2D eigenvalue weighted by Crippen LogP contribution is 2.26. The highest BCUT2D eigenvalue weighted by molar-refractivity contribution is 5.90. The summed E-state index contributed by atoms with van der Waals surface area (Å²) in [4.78, 5) is 14.2. The van der Waals surface area contributed by atoms with Gasteiger partial charge in [0.15, 0.2) is 0 Å². The largest absolute Gasteiger partial charge is 0.423 e. The van der Waals surface area contributed by atoms with Gasteiger partial charge in [-0.2, -0.15) is 0 Å². The number of rotatable bonds is 4. The van der Waals surface area contributed by atoms with Gasteiger partial charge in [0, 0.05) is 30.8 Å². The molecule has 1 saturated carbocycles. The molecule has 3 rings (SSSR count). The van der Waals surface area contributed by atoms with Crippen LogP contribution in [-0.4, -0.2) is 45.9 Å². The van der Waals surface area contributed by atoms with Gasteiger partial charge in [-0.15, -0.1) is 10.2 Å². The summed E-state index contributed by atoms with van der Waals surface area (Å²) in [5.41, 5.74) is 2.41. The normalized spacial score (nSPS) is 20.3. The quantitative estimate of drug-likeness (QED) is 0.889. The van der Waals surface area contributed by atoms with Gasteiger partial charge in [-0.05, 0) is 37.5 Å². The fraction of sp³-hybridized carbons (Fsp3) is 0.500. The standard InChI is InChI=1S/C18H24N4O3/c1-12-7-8-13(17-21-19-11-25-17)9-15(12)20-18(24)22(2)10-14-5-3-4-6-16(14)23/h7-9,11,14,16,23H,3-6,10H2,1-2H3,(H,20,24)/t14-,16+/m0/s1. The molecule has 134 valence electrons. The van der Waals surface area contributed by atoms with Crippen LogP contribution in [0, 0.1) is 12.8 Å². The minimum absolute atomic E-state index is 0.148. The van der Waals surface area contributed by atoms with Crippen LogP contribution in [0.2, 0.25) is 0 Å². The molecule has 2 aromatic rings. The van der Waals surface area contributed by atoms with Crippen molar-refractivity contribution in [3.8, 4) is 11.5 Å². The number of benzene rings is 1. The predicted molar refractivity (Wildman–Crippen MR) is 94.1 cm³/mol. The van der Waals surface area contributed by atoms with Crippen molar-refractivity contribution in [2.24, 2.45) is 5.92 Å². The fourth-order valence-corrected chi connectivity index (χ4v) is 3.23. The molecule has 2 atom stereocenters. The summed E-state index contributed by atoms with van der Waals surface area (Å²) < 4.78 is 5.21. The molecule has 0 radical (unpaired) electrons. The average Bonchev–Trinajstić information content (AvgIpc) is 3.13. The number of hydrogen-bond donors (Lipinski definition) is 2. The third kappa shape index (κ3) is 4.17. The maximum atomic E-state index is 12.5. The number of anilines is 1. The summed E-state index contributed by atoms with van der Waals surface area (Å²) >= 11 is 0. The molecule has 1 aliphatic carbocycles. The highest BCUT2D eigenvalue weighted by atomic mass is 16.4. The molecular formula is C18H24N4O3. The fourth-order valence-electron chi connectivity index (χ4n) is 3.23. The second kappa shape index (κ2) is 7.65. The predicted octanol–water partition coefficient (Wildman–Crippen LogP) is 3.06. The van der Waals surface area contributed by atoms with Crippen LogP contribution in [0.15, 0.2) is 29.0 Å². The molecule has 25 heavy (non-hydrogen) atoms. The lowest BCUT2D eigenvalue weighted by molar-refractivity contribution is 0.0575. The van der Waals surface area contributed by atoms with Crippen LogP contribution in [0.3, 0.4) is 0 Å². The van der Waals surface area contributed by atoms with Crippen molar-refractivity contribution >= 4 is 11.7 Å². The Kier molecular flexibility index (Phi) is 5.33. The lowest BCUT2D eigenvalue weighted by Gasteiger charge is -2.31. The van der Waals surface area contributed by atoms with Crippen LogP contribution < -0.4 is 5.32 Å². The minimum atomic E-state index is -0.313. The number of hydrogen-bond acceptors (Lipinski definition) is 5. The van der Waals surface area contributed by atoms with E-state index in [2.05, 4.69) is 15.5 Å². The number of carbonyl (C=O) groups excluding carboxylic acids is 1. The second-order valence-electron chi connectivity index (χ2n) is 6.70.